The molecule has 0 unspecified atom stereocenters. The van der Waals surface area contributed by atoms with Crippen LogP contribution in [0.1, 0.15) is 55.8 Å². The third kappa shape index (κ3) is 4.60. The summed E-state index contributed by atoms with van der Waals surface area (Å²) in [5.74, 6) is -1.45. The molecule has 1 fully saturated rings. The summed E-state index contributed by atoms with van der Waals surface area (Å²) in [7, 11) is -3.67. The van der Waals surface area contributed by atoms with E-state index in [1.54, 1.807) is 13.8 Å². The van der Waals surface area contributed by atoms with Crippen LogP contribution in [0.25, 0.3) is 0 Å². The molecule has 2 N–H and O–H groups in total. The number of hydrogen-bond donors (Lipinski definition) is 2. The van der Waals surface area contributed by atoms with Gasteiger partial charge in [0.2, 0.25) is 10.0 Å². The first-order valence-corrected chi connectivity index (χ1v) is 9.62. The van der Waals surface area contributed by atoms with Crippen molar-refractivity contribution in [1.82, 2.24) is 9.62 Å². The number of sulfonamides is 1. The summed E-state index contributed by atoms with van der Waals surface area (Å²) in [6.07, 6.45) is 1.80. The predicted octanol–water partition coefficient (Wildman–Crippen LogP) is 1.75. The second-order valence-electron chi connectivity index (χ2n) is 6.87. The monoisotopic (exact) mass is 372 g/mol. The van der Waals surface area contributed by atoms with Gasteiger partial charge in [-0.05, 0) is 40.0 Å². The fourth-order valence-electron chi connectivity index (χ4n) is 2.75. The highest BCUT2D eigenvalue weighted by molar-refractivity contribution is 7.89. The Morgan fingerprint density at radius 3 is 2.48 bits per heavy atom. The van der Waals surface area contributed by atoms with E-state index in [1.807, 2.05) is 0 Å². The SMILES string of the molecule is Cc1oc(C(=O)NC(C)(C)CCC(=O)O)cc1S(=O)(=O)N1CCCC1. The lowest BCUT2D eigenvalue weighted by Gasteiger charge is -2.24. The lowest BCUT2D eigenvalue weighted by molar-refractivity contribution is -0.137. The summed E-state index contributed by atoms with van der Waals surface area (Å²) < 4.78 is 32.0. The zero-order valence-electron chi connectivity index (χ0n) is 14.7. The number of hydrogen-bond acceptors (Lipinski definition) is 5. The maximum absolute atomic E-state index is 12.6. The molecule has 1 aliphatic rings. The Balaban J connectivity index is 2.16. The number of aliphatic carboxylic acids is 1. The van der Waals surface area contributed by atoms with Crippen LogP contribution < -0.4 is 5.32 Å². The van der Waals surface area contributed by atoms with E-state index >= 15 is 0 Å². The molecule has 0 bridgehead atoms. The first-order chi connectivity index (χ1) is 11.5. The van der Waals surface area contributed by atoms with Gasteiger partial charge in [-0.3, -0.25) is 9.59 Å². The van der Waals surface area contributed by atoms with Crippen molar-refractivity contribution in [2.75, 3.05) is 13.1 Å². The van der Waals surface area contributed by atoms with E-state index in [-0.39, 0.29) is 29.3 Å². The molecule has 2 rings (SSSR count). The highest BCUT2D eigenvalue weighted by Crippen LogP contribution is 2.26. The van der Waals surface area contributed by atoms with Crippen LogP contribution in [-0.2, 0) is 14.8 Å². The number of amides is 1. The van der Waals surface area contributed by atoms with Gasteiger partial charge in [0.15, 0.2) is 5.76 Å². The summed E-state index contributed by atoms with van der Waals surface area (Å²) in [6.45, 7) is 5.85. The quantitative estimate of drug-likeness (QED) is 0.753. The first-order valence-electron chi connectivity index (χ1n) is 8.18. The number of carbonyl (C=O) groups excluding carboxylic acids is 1. The van der Waals surface area contributed by atoms with Crippen molar-refractivity contribution in [2.45, 2.75) is 56.9 Å². The third-order valence-electron chi connectivity index (χ3n) is 4.19. The van der Waals surface area contributed by atoms with Crippen molar-refractivity contribution < 1.29 is 27.5 Å². The summed E-state index contributed by atoms with van der Waals surface area (Å²) in [4.78, 5) is 23.0. The molecule has 8 nitrogen and oxygen atoms in total. The van der Waals surface area contributed by atoms with Crippen LogP contribution in [0.5, 0.6) is 0 Å². The van der Waals surface area contributed by atoms with Gasteiger partial charge in [0.1, 0.15) is 10.7 Å². The topological polar surface area (TPSA) is 117 Å². The van der Waals surface area contributed by atoms with Crippen molar-refractivity contribution in [2.24, 2.45) is 0 Å². The van der Waals surface area contributed by atoms with E-state index in [0.29, 0.717) is 13.1 Å². The first kappa shape index (κ1) is 19.5. The number of carbonyl (C=O) groups is 2. The van der Waals surface area contributed by atoms with E-state index in [1.165, 1.54) is 17.3 Å². The average Bonchev–Trinajstić information content (AvgIpc) is 3.14. The molecule has 2 heterocycles. The molecule has 1 saturated heterocycles. The molecule has 9 heteroatoms. The Labute approximate surface area is 147 Å². The Morgan fingerprint density at radius 1 is 1.32 bits per heavy atom. The largest absolute Gasteiger partial charge is 0.481 e. The van der Waals surface area contributed by atoms with Crippen LogP contribution in [0.3, 0.4) is 0 Å². The summed E-state index contributed by atoms with van der Waals surface area (Å²) >= 11 is 0. The third-order valence-corrected chi connectivity index (χ3v) is 6.20. The number of aryl methyl sites for hydroxylation is 1. The highest BCUT2D eigenvalue weighted by Gasteiger charge is 2.32. The molecule has 0 atom stereocenters. The van der Waals surface area contributed by atoms with Crippen molar-refractivity contribution in [3.05, 3.63) is 17.6 Å². The molecule has 0 spiro atoms. The number of nitrogens with zero attached hydrogens (tertiary/aromatic N) is 1. The van der Waals surface area contributed by atoms with Gasteiger partial charge in [-0.25, -0.2) is 8.42 Å². The number of nitrogens with one attached hydrogen (secondary N) is 1. The Kier molecular flexibility index (Phi) is 5.58. The minimum atomic E-state index is -3.67. The molecule has 0 aromatic carbocycles. The standard InChI is InChI=1S/C16H24N2O6S/c1-11-13(25(22,23)18-8-4-5-9-18)10-12(24-11)15(21)17-16(2,3)7-6-14(19)20/h10H,4-9H2,1-3H3,(H,17,21)(H,19,20). The van der Waals surface area contributed by atoms with Gasteiger partial charge < -0.3 is 14.8 Å². The lowest BCUT2D eigenvalue weighted by Crippen LogP contribution is -2.43. The van der Waals surface area contributed by atoms with E-state index in [0.717, 1.165) is 12.8 Å². The maximum Gasteiger partial charge on any atom is 0.303 e. The number of carboxylic acids is 1. The molecule has 1 aromatic rings. The average molecular weight is 372 g/mol. The van der Waals surface area contributed by atoms with Crippen LogP contribution in [0.15, 0.2) is 15.4 Å². The molecule has 0 aliphatic carbocycles. The second kappa shape index (κ2) is 7.17. The van der Waals surface area contributed by atoms with Crippen LogP contribution in [0.2, 0.25) is 0 Å². The Hall–Kier alpha value is -1.87. The molecule has 0 radical (unpaired) electrons. The normalized spacial score (nSPS) is 16.1. The molecule has 0 saturated carbocycles. The minimum Gasteiger partial charge on any atom is -0.481 e. The van der Waals surface area contributed by atoms with Crippen molar-refractivity contribution >= 4 is 21.9 Å². The highest BCUT2D eigenvalue weighted by atomic mass is 32.2. The van der Waals surface area contributed by atoms with Crippen molar-refractivity contribution in [3.63, 3.8) is 0 Å². The molecule has 1 amide bonds. The fourth-order valence-corrected chi connectivity index (χ4v) is 4.43. The smallest absolute Gasteiger partial charge is 0.303 e. The molecule has 25 heavy (non-hydrogen) atoms. The zero-order valence-corrected chi connectivity index (χ0v) is 15.5. The second-order valence-corrected chi connectivity index (χ2v) is 8.78. The van der Waals surface area contributed by atoms with Gasteiger partial charge in [-0.2, -0.15) is 4.31 Å². The van der Waals surface area contributed by atoms with Crippen LogP contribution in [0, 0.1) is 6.92 Å². The lowest BCUT2D eigenvalue weighted by atomic mass is 9.98. The molecule has 1 aromatic heterocycles. The van der Waals surface area contributed by atoms with Gasteiger partial charge in [-0.15, -0.1) is 0 Å². The van der Waals surface area contributed by atoms with Gasteiger partial charge in [0, 0.05) is 31.1 Å². The van der Waals surface area contributed by atoms with E-state index in [9.17, 15) is 18.0 Å². The Morgan fingerprint density at radius 2 is 1.92 bits per heavy atom. The maximum atomic E-state index is 12.6. The molecular weight excluding hydrogens is 348 g/mol. The fraction of sp³-hybridized carbons (Fsp3) is 0.625. The number of carboxylic acid groups (broad SMARTS) is 1. The molecule has 140 valence electrons. The van der Waals surface area contributed by atoms with Crippen LogP contribution in [-0.4, -0.2) is 48.3 Å². The van der Waals surface area contributed by atoms with Gasteiger partial charge in [0.05, 0.1) is 0 Å². The van der Waals surface area contributed by atoms with Crippen LogP contribution in [0.4, 0.5) is 0 Å². The van der Waals surface area contributed by atoms with E-state index in [2.05, 4.69) is 5.32 Å². The van der Waals surface area contributed by atoms with E-state index < -0.39 is 27.4 Å². The summed E-state index contributed by atoms with van der Waals surface area (Å²) in [5, 5.41) is 11.4. The number of rotatable bonds is 7. The van der Waals surface area contributed by atoms with Crippen molar-refractivity contribution in [3.8, 4) is 0 Å². The van der Waals surface area contributed by atoms with Crippen LogP contribution >= 0.6 is 0 Å². The van der Waals surface area contributed by atoms with Gasteiger partial charge in [0.25, 0.3) is 5.91 Å². The zero-order chi connectivity index (χ0) is 18.8. The summed E-state index contributed by atoms with van der Waals surface area (Å²) in [6, 6.07) is 1.24. The molecular formula is C16H24N2O6S. The van der Waals surface area contributed by atoms with Crippen molar-refractivity contribution in [1.29, 1.82) is 0 Å². The van der Waals surface area contributed by atoms with Gasteiger partial charge >= 0.3 is 5.97 Å². The molecule has 1 aliphatic heterocycles. The summed E-state index contributed by atoms with van der Waals surface area (Å²) in [5.41, 5.74) is -0.760. The Bertz CT molecular complexity index is 760. The predicted molar refractivity (Wildman–Crippen MR) is 89.9 cm³/mol. The van der Waals surface area contributed by atoms with E-state index in [4.69, 9.17) is 9.52 Å². The number of furan rings is 1. The minimum absolute atomic E-state index is 0.00268. The van der Waals surface area contributed by atoms with Gasteiger partial charge in [-0.1, -0.05) is 0 Å².